The second kappa shape index (κ2) is 13.5. The van der Waals surface area contributed by atoms with Crippen LogP contribution < -0.4 is 37.9 Å². The van der Waals surface area contributed by atoms with Gasteiger partial charge in [-0.2, -0.15) is 0 Å². The molecule has 1 atom stereocenters. The van der Waals surface area contributed by atoms with E-state index in [1.54, 1.807) is 41.2 Å². The molecule has 4 heterocycles. The van der Waals surface area contributed by atoms with Crippen molar-refractivity contribution in [3.8, 4) is 17.1 Å². The van der Waals surface area contributed by atoms with Crippen LogP contribution >= 0.6 is 0 Å². The number of hydrogen-bond donors (Lipinski definition) is 1. The largest absolute Gasteiger partial charge is 2.00 e. The Kier molecular flexibility index (Phi) is 10.1. The maximum absolute atomic E-state index is 15.1. The Bertz CT molecular complexity index is 1830. The van der Waals surface area contributed by atoms with E-state index < -0.39 is 34.3 Å². The van der Waals surface area contributed by atoms with Gasteiger partial charge in [0.1, 0.15) is 17.1 Å². The van der Waals surface area contributed by atoms with E-state index in [1.165, 1.54) is 13.3 Å². The minimum Gasteiger partial charge on any atom is -1.00 e. The summed E-state index contributed by atoms with van der Waals surface area (Å²) in [6, 6.07) is 7.86. The molecule has 2 aliphatic carbocycles. The maximum atomic E-state index is 15.1. The molecule has 0 spiro atoms. The van der Waals surface area contributed by atoms with E-state index >= 15 is 4.39 Å². The number of hydrogen-bond acceptors (Lipinski definition) is 10. The fraction of sp³-hybridized carbons (Fsp3) is 0.290. The monoisotopic (exact) mass is 682 g/mol. The third kappa shape index (κ3) is 6.08. The normalized spacial score (nSPS) is 16.8. The Morgan fingerprint density at radius 2 is 1.67 bits per heavy atom. The number of rotatable bonds is 4. The fourth-order valence-electron chi connectivity index (χ4n) is 5.65. The number of carboxylic acids is 1. The van der Waals surface area contributed by atoms with Crippen LogP contribution in [0, 0.1) is 5.82 Å². The van der Waals surface area contributed by atoms with Crippen molar-refractivity contribution >= 4 is 34.1 Å². The number of nitrogens with one attached hydrogen (secondary N) is 1. The first-order valence-electron chi connectivity index (χ1n) is 13.9. The molecule has 1 saturated carbocycles. The van der Waals surface area contributed by atoms with E-state index in [0.29, 0.717) is 53.4 Å². The summed E-state index contributed by atoms with van der Waals surface area (Å²) in [6.45, 7) is 3.93. The van der Waals surface area contributed by atoms with Crippen LogP contribution in [-0.2, 0) is 17.1 Å². The van der Waals surface area contributed by atoms with Gasteiger partial charge in [0, 0.05) is 50.3 Å². The van der Waals surface area contributed by atoms with Gasteiger partial charge in [-0.25, -0.2) is 4.39 Å². The summed E-state index contributed by atoms with van der Waals surface area (Å²) >= 11 is 0. The number of carbonyl (C=O) groups excluding carboxylic acids is 3. The SMILES string of the molecule is COc1c(N2CCNC(C)C2)c(F)cc2c(=O)c(C(=O)[O-])cn(C3CC3)c12.O=C1C(=O)c2cccnc2-c2ncccc21.[Cl-].[Cu+2]. The molecule has 0 amide bonds. The molecule has 1 unspecified atom stereocenters. The van der Waals surface area contributed by atoms with Gasteiger partial charge in [0.2, 0.25) is 11.6 Å². The van der Waals surface area contributed by atoms with Gasteiger partial charge in [-0.05, 0) is 50.1 Å². The van der Waals surface area contributed by atoms with Crippen LogP contribution in [-0.4, -0.2) is 64.9 Å². The molecule has 0 bridgehead atoms. The summed E-state index contributed by atoms with van der Waals surface area (Å²) in [5.74, 6) is -2.90. The van der Waals surface area contributed by atoms with Gasteiger partial charge in [-0.3, -0.25) is 24.4 Å². The molecule has 2 fully saturated rings. The van der Waals surface area contributed by atoms with Crippen LogP contribution in [0.4, 0.5) is 10.1 Å². The summed E-state index contributed by atoms with van der Waals surface area (Å²) < 4.78 is 22.4. The first kappa shape index (κ1) is 33.7. The zero-order valence-corrected chi connectivity index (χ0v) is 25.8. The number of fused-ring (bicyclic) bond motifs is 4. The molecule has 4 aromatic rings. The van der Waals surface area contributed by atoms with Crippen molar-refractivity contribution < 1.29 is 58.1 Å². The van der Waals surface area contributed by atoms with Crippen molar-refractivity contribution in [1.82, 2.24) is 19.9 Å². The van der Waals surface area contributed by atoms with Crippen molar-refractivity contribution in [2.24, 2.45) is 0 Å². The van der Waals surface area contributed by atoms with E-state index in [9.17, 15) is 24.3 Å². The third-order valence-electron chi connectivity index (χ3n) is 7.78. The van der Waals surface area contributed by atoms with Gasteiger partial charge < -0.3 is 41.8 Å². The predicted octanol–water partition coefficient (Wildman–Crippen LogP) is -0.830. The van der Waals surface area contributed by atoms with Crippen molar-refractivity contribution in [3.63, 3.8) is 0 Å². The Morgan fingerprint density at radius 3 is 2.18 bits per heavy atom. The van der Waals surface area contributed by atoms with E-state index in [4.69, 9.17) is 4.74 Å². The van der Waals surface area contributed by atoms with Crippen LogP contribution in [0.5, 0.6) is 5.75 Å². The zero-order chi connectivity index (χ0) is 30.4. The van der Waals surface area contributed by atoms with Crippen molar-refractivity contribution in [1.29, 1.82) is 0 Å². The number of nitrogens with zero attached hydrogens (tertiary/aromatic N) is 4. The van der Waals surface area contributed by atoms with Gasteiger partial charge in [0.25, 0.3) is 0 Å². The first-order chi connectivity index (χ1) is 20.7. The summed E-state index contributed by atoms with van der Waals surface area (Å²) in [4.78, 5) is 57.7. The van der Waals surface area contributed by atoms with Crippen LogP contribution in [0.3, 0.4) is 0 Å². The Morgan fingerprint density at radius 1 is 1.07 bits per heavy atom. The summed E-state index contributed by atoms with van der Waals surface area (Å²) in [7, 11) is 1.44. The number of halogens is 2. The molecular formula is C31H27ClCuFN5O6. The number of carboxylic acid groups (broad SMARTS) is 1. The Labute approximate surface area is 273 Å². The number of piperazine rings is 1. The first-order valence-corrected chi connectivity index (χ1v) is 13.9. The molecule has 3 aliphatic rings. The van der Waals surface area contributed by atoms with Gasteiger partial charge in [-0.1, -0.05) is 0 Å². The standard InChI is InChI=1S/C19H22FN3O4.C12H6N2O2.ClH.Cu/c1-10-8-22(6-5-21-10)16-14(20)7-12-15(18(16)27-2)23(11-3-4-11)9-13(17(12)24)19(25)26;15-11-7-3-1-5-13-9(7)10-8(12(11)16)4-2-6-14-10;;/h7,9-11,21H,3-6,8H2,1-2H3,(H,25,26);1-6H;1H;/q;;;+2/p-2. The number of carbonyl (C=O) groups is 3. The molecule has 3 aromatic heterocycles. The number of benzene rings is 1. The molecule has 237 valence electrons. The molecule has 1 N–H and O–H groups in total. The number of Topliss-reactive ketones (excluding diaryl/α,β-unsaturated/α-hetero) is 2. The molecule has 1 saturated heterocycles. The van der Waals surface area contributed by atoms with Crippen molar-refractivity contribution in [2.75, 3.05) is 31.6 Å². The Hall–Kier alpha value is -4.16. The van der Waals surface area contributed by atoms with E-state index in [2.05, 4.69) is 15.3 Å². The molecule has 1 aliphatic heterocycles. The van der Waals surface area contributed by atoms with Crippen LogP contribution in [0.15, 0.2) is 53.7 Å². The number of aromatic nitrogens is 3. The Balaban J connectivity index is 0.000000220. The number of anilines is 1. The number of methoxy groups -OCH3 is 1. The second-order valence-corrected chi connectivity index (χ2v) is 10.7. The van der Waals surface area contributed by atoms with Gasteiger partial charge in [0.05, 0.1) is 40.7 Å². The molecule has 1 radical (unpaired) electrons. The summed E-state index contributed by atoms with van der Waals surface area (Å²) in [6.07, 6.45) is 6.21. The second-order valence-electron chi connectivity index (χ2n) is 10.7. The van der Waals surface area contributed by atoms with Gasteiger partial charge in [-0.15, -0.1) is 0 Å². The average Bonchev–Trinajstić information content (AvgIpc) is 3.85. The average molecular weight is 684 g/mol. The molecule has 7 rings (SSSR count). The van der Waals surface area contributed by atoms with Crippen molar-refractivity contribution in [2.45, 2.75) is 31.8 Å². The summed E-state index contributed by atoms with van der Waals surface area (Å²) in [5, 5.41) is 14.7. The minimum absolute atomic E-state index is 0. The van der Waals surface area contributed by atoms with Gasteiger partial charge >= 0.3 is 17.1 Å². The van der Waals surface area contributed by atoms with Crippen LogP contribution in [0.1, 0.15) is 56.9 Å². The molecular weight excluding hydrogens is 656 g/mol. The number of ketones is 2. The number of aromatic carboxylic acids is 1. The zero-order valence-electron chi connectivity index (χ0n) is 24.1. The van der Waals surface area contributed by atoms with E-state index in [1.807, 2.05) is 11.8 Å². The number of ether oxygens (including phenoxy) is 1. The van der Waals surface area contributed by atoms with Crippen molar-refractivity contribution in [3.05, 3.63) is 81.7 Å². The maximum Gasteiger partial charge on any atom is 2.00 e. The van der Waals surface area contributed by atoms with Crippen LogP contribution in [0.25, 0.3) is 22.3 Å². The molecule has 1 aromatic carbocycles. The smallest absolute Gasteiger partial charge is 1.00 e. The predicted molar refractivity (Wildman–Crippen MR) is 153 cm³/mol. The molecule has 11 nitrogen and oxygen atoms in total. The molecule has 14 heteroatoms. The molecule has 45 heavy (non-hydrogen) atoms. The topological polar surface area (TPSA) is 147 Å². The van der Waals surface area contributed by atoms with E-state index in [0.717, 1.165) is 18.9 Å². The summed E-state index contributed by atoms with van der Waals surface area (Å²) in [5.41, 5.74) is 1.19. The minimum atomic E-state index is -1.56. The number of pyridine rings is 3. The third-order valence-corrected chi connectivity index (χ3v) is 7.78. The van der Waals surface area contributed by atoms with Gasteiger partial charge in [0.15, 0.2) is 17.0 Å². The quantitative estimate of drug-likeness (QED) is 0.214. The van der Waals surface area contributed by atoms with Crippen LogP contribution in [0.2, 0.25) is 0 Å². The van der Waals surface area contributed by atoms with E-state index in [-0.39, 0.29) is 52.7 Å². The fourth-order valence-corrected chi connectivity index (χ4v) is 5.65.